The standard InChI is InChI=1S/C31H23Br2N3O8/c32-26-21-14-22(27(26)33)25-24(21)29(39)35(30(25)40)34(28(38)17-6-10-19(11-7-17)36(42)43)15-23(37)16-8-12-20(13-9-16)44-31(41)18-4-2-1-3-5-18/h1-13,21-22,24-27H,14-15H2/t21-,22-,24-,25-,26-,27+/m1/s1. The first-order chi connectivity index (χ1) is 21.1. The fraction of sp³-hybridized carbons (Fsp3) is 0.258. The topological polar surface area (TPSA) is 144 Å². The van der Waals surface area contributed by atoms with Crippen molar-refractivity contribution in [3.63, 3.8) is 0 Å². The van der Waals surface area contributed by atoms with Crippen LogP contribution in [0, 0.1) is 33.8 Å². The van der Waals surface area contributed by atoms with Crippen LogP contribution >= 0.6 is 31.9 Å². The SMILES string of the molecule is O=C(CN(C(=O)c1ccc([N+](=O)[O-])cc1)N1C(=O)[C@@H]2[C@H]3C[C@@H]([C@@H](Br)[C@H]3Br)[C@H]2C1=O)c1ccc(OC(=O)c2ccccc2)cc1. The second-order valence-corrected chi connectivity index (χ2v) is 13.0. The summed E-state index contributed by atoms with van der Waals surface area (Å²) in [5.74, 6) is -4.41. The Kier molecular flexibility index (Phi) is 7.93. The second-order valence-electron chi connectivity index (χ2n) is 10.9. The molecule has 0 radical (unpaired) electrons. The van der Waals surface area contributed by atoms with Crippen molar-refractivity contribution in [2.45, 2.75) is 16.1 Å². The lowest BCUT2D eigenvalue weighted by molar-refractivity contribution is -0.384. The normalized spacial score (nSPS) is 25.1. The van der Waals surface area contributed by atoms with Gasteiger partial charge in [-0.05, 0) is 66.8 Å². The molecule has 1 heterocycles. The van der Waals surface area contributed by atoms with Crippen LogP contribution in [0.3, 0.4) is 0 Å². The number of alkyl halides is 2. The van der Waals surface area contributed by atoms with Gasteiger partial charge >= 0.3 is 5.97 Å². The number of halogens is 2. The Labute approximate surface area is 267 Å². The number of amides is 3. The molecule has 44 heavy (non-hydrogen) atoms. The van der Waals surface area contributed by atoms with Gasteiger partial charge in [0.1, 0.15) is 12.3 Å². The van der Waals surface area contributed by atoms with Crippen LogP contribution in [0.25, 0.3) is 0 Å². The number of hydrogen-bond donors (Lipinski definition) is 0. The molecule has 0 unspecified atom stereocenters. The highest BCUT2D eigenvalue weighted by molar-refractivity contribution is 9.12. The van der Waals surface area contributed by atoms with Crippen molar-refractivity contribution in [2.75, 3.05) is 6.54 Å². The van der Waals surface area contributed by atoms with Crippen molar-refractivity contribution < 1.29 is 33.6 Å². The number of carbonyl (C=O) groups excluding carboxylic acids is 5. The van der Waals surface area contributed by atoms with E-state index in [1.807, 2.05) is 0 Å². The first-order valence-electron chi connectivity index (χ1n) is 13.7. The number of esters is 1. The van der Waals surface area contributed by atoms with E-state index in [0.29, 0.717) is 12.0 Å². The van der Waals surface area contributed by atoms with Crippen LogP contribution in [0.4, 0.5) is 5.69 Å². The van der Waals surface area contributed by atoms with Crippen LogP contribution in [0.5, 0.6) is 5.75 Å². The average molecular weight is 725 g/mol. The highest BCUT2D eigenvalue weighted by Gasteiger charge is 2.67. The van der Waals surface area contributed by atoms with E-state index in [9.17, 15) is 34.1 Å². The quantitative estimate of drug-likeness (QED) is 0.0611. The Bertz CT molecular complexity index is 1650. The number of rotatable bonds is 8. The second kappa shape index (κ2) is 11.7. The van der Waals surface area contributed by atoms with Crippen molar-refractivity contribution in [2.24, 2.45) is 23.7 Å². The summed E-state index contributed by atoms with van der Waals surface area (Å²) >= 11 is 7.28. The van der Waals surface area contributed by atoms with Gasteiger partial charge in [-0.2, -0.15) is 5.01 Å². The van der Waals surface area contributed by atoms with Crippen molar-refractivity contribution in [3.8, 4) is 5.75 Å². The highest BCUT2D eigenvalue weighted by atomic mass is 79.9. The molecule has 3 fully saturated rings. The predicted octanol–water partition coefficient (Wildman–Crippen LogP) is 4.83. The molecule has 3 aliphatic rings. The number of carbonyl (C=O) groups is 5. The molecule has 2 aliphatic carbocycles. The third kappa shape index (κ3) is 5.13. The molecule has 0 spiro atoms. The summed E-state index contributed by atoms with van der Waals surface area (Å²) in [5, 5.41) is 12.8. The number of ketones is 1. The van der Waals surface area contributed by atoms with Gasteiger partial charge in [-0.3, -0.25) is 29.3 Å². The first-order valence-corrected chi connectivity index (χ1v) is 15.5. The van der Waals surface area contributed by atoms with E-state index in [1.165, 1.54) is 36.4 Å². The van der Waals surface area contributed by atoms with Gasteiger partial charge in [0.25, 0.3) is 23.4 Å². The third-order valence-corrected chi connectivity index (χ3v) is 11.7. The molecular formula is C31H23Br2N3O8. The molecule has 0 N–H and O–H groups in total. The zero-order chi connectivity index (χ0) is 31.3. The van der Waals surface area contributed by atoms with E-state index in [2.05, 4.69) is 31.9 Å². The minimum atomic E-state index is -0.832. The minimum absolute atomic E-state index is 0.0274. The molecule has 3 amide bonds. The van der Waals surface area contributed by atoms with Gasteiger partial charge < -0.3 is 4.74 Å². The summed E-state index contributed by atoms with van der Waals surface area (Å²) in [6, 6.07) is 18.8. The molecule has 1 aliphatic heterocycles. The number of hydrogen-bond acceptors (Lipinski definition) is 8. The van der Waals surface area contributed by atoms with E-state index in [4.69, 9.17) is 4.74 Å². The number of imide groups is 1. The molecule has 2 bridgehead atoms. The lowest BCUT2D eigenvalue weighted by atomic mass is 9.81. The fourth-order valence-corrected chi connectivity index (χ4v) is 8.23. The van der Waals surface area contributed by atoms with Crippen molar-refractivity contribution in [1.29, 1.82) is 0 Å². The number of Topliss-reactive ketones (excluding diaryl/α,β-unsaturated/α-hetero) is 1. The van der Waals surface area contributed by atoms with E-state index >= 15 is 0 Å². The molecule has 11 nitrogen and oxygen atoms in total. The lowest BCUT2D eigenvalue weighted by Gasteiger charge is -2.30. The van der Waals surface area contributed by atoms with Crippen molar-refractivity contribution in [3.05, 3.63) is 106 Å². The average Bonchev–Trinajstić information content (AvgIpc) is 3.65. The fourth-order valence-electron chi connectivity index (χ4n) is 6.36. The van der Waals surface area contributed by atoms with Crippen LogP contribution in [0.15, 0.2) is 78.9 Å². The van der Waals surface area contributed by atoms with Gasteiger partial charge in [-0.15, -0.1) is 0 Å². The summed E-state index contributed by atoms with van der Waals surface area (Å²) < 4.78 is 5.37. The Morgan fingerprint density at radius 1 is 0.818 bits per heavy atom. The maximum atomic E-state index is 13.8. The van der Waals surface area contributed by atoms with Crippen LogP contribution in [0.1, 0.15) is 37.5 Å². The molecule has 1 saturated heterocycles. The summed E-state index contributed by atoms with van der Waals surface area (Å²) in [7, 11) is 0. The van der Waals surface area contributed by atoms with Crippen LogP contribution in [0.2, 0.25) is 0 Å². The van der Waals surface area contributed by atoms with E-state index in [0.717, 1.165) is 22.2 Å². The molecule has 6 rings (SSSR count). The van der Waals surface area contributed by atoms with Crippen LogP contribution in [-0.4, -0.2) is 60.6 Å². The molecular weight excluding hydrogens is 702 g/mol. The molecule has 13 heteroatoms. The van der Waals surface area contributed by atoms with Gasteiger partial charge in [0, 0.05) is 32.9 Å². The van der Waals surface area contributed by atoms with Crippen molar-refractivity contribution >= 4 is 67.0 Å². The number of benzene rings is 3. The zero-order valence-corrected chi connectivity index (χ0v) is 25.9. The molecule has 0 aromatic heterocycles. The number of non-ortho nitro benzene ring substituents is 1. The summed E-state index contributed by atoms with van der Waals surface area (Å²) in [6.07, 6.45) is 0.683. The summed E-state index contributed by atoms with van der Waals surface area (Å²) in [4.78, 5) is 77.7. The number of fused-ring (bicyclic) bond motifs is 5. The third-order valence-electron chi connectivity index (χ3n) is 8.45. The smallest absolute Gasteiger partial charge is 0.343 e. The monoisotopic (exact) mass is 723 g/mol. The van der Waals surface area contributed by atoms with E-state index in [1.54, 1.807) is 30.3 Å². The summed E-state index contributed by atoms with van der Waals surface area (Å²) in [5.41, 5.74) is 0.211. The molecule has 6 atom stereocenters. The van der Waals surface area contributed by atoms with E-state index < -0.39 is 52.8 Å². The number of nitro groups is 1. The van der Waals surface area contributed by atoms with Gasteiger partial charge in [-0.1, -0.05) is 50.1 Å². The molecule has 2 saturated carbocycles. The van der Waals surface area contributed by atoms with Crippen molar-refractivity contribution in [1.82, 2.24) is 10.0 Å². The first kappa shape index (κ1) is 29.8. The number of ether oxygens (including phenoxy) is 1. The van der Waals surface area contributed by atoms with E-state index in [-0.39, 0.29) is 44.1 Å². The van der Waals surface area contributed by atoms with Gasteiger partial charge in [0.05, 0.1) is 22.3 Å². The predicted molar refractivity (Wildman–Crippen MR) is 162 cm³/mol. The number of nitro benzene ring substituents is 1. The van der Waals surface area contributed by atoms with Gasteiger partial charge in [0.15, 0.2) is 5.78 Å². The number of nitrogens with zero attached hydrogens (tertiary/aromatic N) is 3. The Morgan fingerprint density at radius 2 is 1.36 bits per heavy atom. The highest BCUT2D eigenvalue weighted by Crippen LogP contribution is 2.60. The maximum Gasteiger partial charge on any atom is 0.343 e. The molecule has 224 valence electrons. The molecule has 3 aromatic rings. The minimum Gasteiger partial charge on any atom is -0.423 e. The van der Waals surface area contributed by atoms with Gasteiger partial charge in [-0.25, -0.2) is 9.80 Å². The lowest BCUT2D eigenvalue weighted by Crippen LogP contribution is -2.52. The Balaban J connectivity index is 1.26. The van der Waals surface area contributed by atoms with Gasteiger partial charge in [0.2, 0.25) is 0 Å². The largest absolute Gasteiger partial charge is 0.423 e. The summed E-state index contributed by atoms with van der Waals surface area (Å²) in [6.45, 7) is -0.652. The molecule has 3 aromatic carbocycles. The Morgan fingerprint density at radius 3 is 1.91 bits per heavy atom. The Hall–Kier alpha value is -4.23. The number of hydrazine groups is 1. The van der Waals surface area contributed by atoms with Crippen LogP contribution in [-0.2, 0) is 9.59 Å². The van der Waals surface area contributed by atoms with Crippen LogP contribution < -0.4 is 4.74 Å². The zero-order valence-electron chi connectivity index (χ0n) is 22.7. The maximum absolute atomic E-state index is 13.8.